The molecule has 1 heterocycles. The lowest BCUT2D eigenvalue weighted by Gasteiger charge is -2.41. The third-order valence-corrected chi connectivity index (χ3v) is 4.72. The summed E-state index contributed by atoms with van der Waals surface area (Å²) < 4.78 is 31.8. The maximum atomic E-state index is 12.4. The average molecular weight is 311 g/mol. The van der Waals surface area contributed by atoms with Crippen molar-refractivity contribution in [1.29, 1.82) is 0 Å². The molecule has 1 atom stereocenters. The van der Waals surface area contributed by atoms with Crippen LogP contribution in [0.1, 0.15) is 19.4 Å². The van der Waals surface area contributed by atoms with E-state index in [0.717, 1.165) is 5.56 Å². The van der Waals surface area contributed by atoms with Gasteiger partial charge < -0.3 is 9.84 Å². The Bertz CT molecular complexity index is 595. The first-order chi connectivity index (χ1) is 9.82. The Morgan fingerprint density at radius 3 is 2.67 bits per heavy atom. The van der Waals surface area contributed by atoms with Crippen molar-refractivity contribution in [3.8, 4) is 0 Å². The fourth-order valence-electron chi connectivity index (χ4n) is 2.35. The van der Waals surface area contributed by atoms with Crippen LogP contribution in [0.5, 0.6) is 0 Å². The Balaban J connectivity index is 2.17. The highest BCUT2D eigenvalue weighted by Gasteiger charge is 2.37. The number of sulfonamides is 1. The van der Waals surface area contributed by atoms with Gasteiger partial charge in [-0.1, -0.05) is 30.3 Å². The van der Waals surface area contributed by atoms with E-state index in [9.17, 15) is 13.5 Å². The van der Waals surface area contributed by atoms with Crippen molar-refractivity contribution >= 4 is 16.1 Å². The SMILES string of the molecule is CC1(C)CN(S(=O)(=O)/C=C/c2ccccc2)CC(CO)O1. The lowest BCUT2D eigenvalue weighted by molar-refractivity contribution is -0.131. The van der Waals surface area contributed by atoms with E-state index < -0.39 is 21.7 Å². The van der Waals surface area contributed by atoms with E-state index in [2.05, 4.69) is 0 Å². The highest BCUT2D eigenvalue weighted by atomic mass is 32.2. The van der Waals surface area contributed by atoms with Crippen LogP contribution in [0, 0.1) is 0 Å². The van der Waals surface area contributed by atoms with Gasteiger partial charge in [-0.15, -0.1) is 0 Å². The molecule has 1 aliphatic heterocycles. The summed E-state index contributed by atoms with van der Waals surface area (Å²) in [6.45, 7) is 3.88. The van der Waals surface area contributed by atoms with Gasteiger partial charge in [0.25, 0.3) is 0 Å². The van der Waals surface area contributed by atoms with Crippen molar-refractivity contribution in [2.24, 2.45) is 0 Å². The number of rotatable bonds is 4. The molecule has 0 aromatic heterocycles. The van der Waals surface area contributed by atoms with Gasteiger partial charge in [-0.05, 0) is 25.5 Å². The molecule has 6 heteroatoms. The standard InChI is InChI=1S/C15H21NO4S/c1-15(2)12-16(10-14(11-17)20-15)21(18,19)9-8-13-6-4-3-5-7-13/h3-9,14,17H,10-12H2,1-2H3/b9-8+. The quantitative estimate of drug-likeness (QED) is 0.914. The minimum absolute atomic E-state index is 0.168. The van der Waals surface area contributed by atoms with Crippen LogP contribution < -0.4 is 0 Å². The second kappa shape index (κ2) is 6.27. The topological polar surface area (TPSA) is 66.8 Å². The normalized spacial score (nSPS) is 23.5. The van der Waals surface area contributed by atoms with Crippen LogP contribution in [0.25, 0.3) is 6.08 Å². The predicted octanol–water partition coefficient (Wildman–Crippen LogP) is 1.46. The summed E-state index contributed by atoms with van der Waals surface area (Å²) in [7, 11) is -3.53. The molecule has 0 spiro atoms. The van der Waals surface area contributed by atoms with Gasteiger partial charge in [0.05, 0.1) is 18.3 Å². The fraction of sp³-hybridized carbons (Fsp3) is 0.467. The molecule has 0 aliphatic carbocycles. The van der Waals surface area contributed by atoms with E-state index in [1.807, 2.05) is 44.2 Å². The molecule has 1 fully saturated rings. The molecule has 0 saturated carbocycles. The third kappa shape index (κ3) is 4.38. The molecule has 1 aromatic carbocycles. The number of hydrogen-bond donors (Lipinski definition) is 1. The van der Waals surface area contributed by atoms with Gasteiger partial charge in [0, 0.05) is 18.5 Å². The Hall–Kier alpha value is -1.21. The van der Waals surface area contributed by atoms with Crippen molar-refractivity contribution in [3.63, 3.8) is 0 Å². The number of nitrogens with zero attached hydrogens (tertiary/aromatic N) is 1. The highest BCUT2D eigenvalue weighted by molar-refractivity contribution is 7.92. The van der Waals surface area contributed by atoms with E-state index in [4.69, 9.17) is 4.74 Å². The van der Waals surface area contributed by atoms with Crippen molar-refractivity contribution < 1.29 is 18.3 Å². The Kier molecular flexibility index (Phi) is 4.83. The van der Waals surface area contributed by atoms with Crippen molar-refractivity contribution in [1.82, 2.24) is 4.31 Å². The van der Waals surface area contributed by atoms with Gasteiger partial charge in [0.1, 0.15) is 0 Å². The van der Waals surface area contributed by atoms with Crippen molar-refractivity contribution in [3.05, 3.63) is 41.3 Å². The number of aliphatic hydroxyl groups is 1. The summed E-state index contributed by atoms with van der Waals surface area (Å²) in [5, 5.41) is 10.5. The van der Waals surface area contributed by atoms with Crippen LogP contribution in [-0.4, -0.2) is 49.2 Å². The van der Waals surface area contributed by atoms with Crippen LogP contribution in [0.4, 0.5) is 0 Å². The molecular formula is C15H21NO4S. The van der Waals surface area contributed by atoms with Crippen LogP contribution in [-0.2, 0) is 14.8 Å². The monoisotopic (exact) mass is 311 g/mol. The Morgan fingerprint density at radius 2 is 2.05 bits per heavy atom. The summed E-state index contributed by atoms with van der Waals surface area (Å²) in [6, 6.07) is 9.26. The lowest BCUT2D eigenvalue weighted by Crippen LogP contribution is -2.55. The second-order valence-corrected chi connectivity index (χ2v) is 7.55. The molecule has 0 radical (unpaired) electrons. The van der Waals surface area contributed by atoms with Crippen molar-refractivity contribution in [2.75, 3.05) is 19.7 Å². The molecule has 21 heavy (non-hydrogen) atoms. The Morgan fingerprint density at radius 1 is 1.38 bits per heavy atom. The molecule has 1 unspecified atom stereocenters. The van der Waals surface area contributed by atoms with Crippen LogP contribution in [0.15, 0.2) is 35.7 Å². The molecule has 0 bridgehead atoms. The van der Waals surface area contributed by atoms with E-state index in [1.165, 1.54) is 9.71 Å². The number of morpholine rings is 1. The molecule has 1 aliphatic rings. The van der Waals surface area contributed by atoms with E-state index >= 15 is 0 Å². The van der Waals surface area contributed by atoms with Crippen LogP contribution in [0.2, 0.25) is 0 Å². The molecular weight excluding hydrogens is 290 g/mol. The number of aliphatic hydroxyl groups excluding tert-OH is 1. The van der Waals surface area contributed by atoms with Gasteiger partial charge in [-0.3, -0.25) is 0 Å². The van der Waals surface area contributed by atoms with Crippen LogP contribution in [0.3, 0.4) is 0 Å². The maximum Gasteiger partial charge on any atom is 0.236 e. The zero-order chi connectivity index (χ0) is 15.5. The molecule has 2 rings (SSSR count). The first-order valence-electron chi connectivity index (χ1n) is 6.84. The number of benzene rings is 1. The zero-order valence-corrected chi connectivity index (χ0v) is 13.1. The first kappa shape index (κ1) is 16.2. The van der Waals surface area contributed by atoms with Gasteiger partial charge in [0.15, 0.2) is 0 Å². The smallest absolute Gasteiger partial charge is 0.236 e. The number of ether oxygens (including phenoxy) is 1. The van der Waals surface area contributed by atoms with Gasteiger partial charge >= 0.3 is 0 Å². The van der Waals surface area contributed by atoms with Gasteiger partial charge in [0.2, 0.25) is 10.0 Å². The molecule has 1 saturated heterocycles. The maximum absolute atomic E-state index is 12.4. The van der Waals surface area contributed by atoms with E-state index in [-0.39, 0.29) is 19.7 Å². The van der Waals surface area contributed by atoms with E-state index in [1.54, 1.807) is 6.08 Å². The third-order valence-electron chi connectivity index (χ3n) is 3.25. The first-order valence-corrected chi connectivity index (χ1v) is 8.35. The molecule has 1 aromatic rings. The lowest BCUT2D eigenvalue weighted by atomic mass is 10.1. The zero-order valence-electron chi connectivity index (χ0n) is 12.3. The summed E-state index contributed by atoms with van der Waals surface area (Å²) in [5.74, 6) is 0. The molecule has 0 amide bonds. The molecule has 1 N–H and O–H groups in total. The molecule has 116 valence electrons. The highest BCUT2D eigenvalue weighted by Crippen LogP contribution is 2.23. The summed E-state index contributed by atoms with van der Waals surface area (Å²) in [5.41, 5.74) is 0.214. The Labute approximate surface area is 125 Å². The average Bonchev–Trinajstić information content (AvgIpc) is 2.44. The van der Waals surface area contributed by atoms with Crippen molar-refractivity contribution in [2.45, 2.75) is 25.6 Å². The van der Waals surface area contributed by atoms with Crippen LogP contribution >= 0.6 is 0 Å². The van der Waals surface area contributed by atoms with Gasteiger partial charge in [-0.2, -0.15) is 4.31 Å². The second-order valence-electron chi connectivity index (χ2n) is 5.73. The fourth-order valence-corrected chi connectivity index (χ4v) is 3.71. The summed E-state index contributed by atoms with van der Waals surface area (Å²) >= 11 is 0. The minimum Gasteiger partial charge on any atom is -0.394 e. The summed E-state index contributed by atoms with van der Waals surface area (Å²) in [4.78, 5) is 0. The largest absolute Gasteiger partial charge is 0.394 e. The minimum atomic E-state index is -3.53. The van der Waals surface area contributed by atoms with Gasteiger partial charge in [-0.25, -0.2) is 8.42 Å². The predicted molar refractivity (Wildman–Crippen MR) is 82.0 cm³/mol. The number of hydrogen-bond acceptors (Lipinski definition) is 4. The molecule has 5 nitrogen and oxygen atoms in total. The summed E-state index contributed by atoms with van der Waals surface area (Å²) in [6.07, 6.45) is 1.08. The van der Waals surface area contributed by atoms with E-state index in [0.29, 0.717) is 0 Å².